The van der Waals surface area contributed by atoms with Gasteiger partial charge < -0.3 is 9.47 Å². The Kier molecular flexibility index (Phi) is 8.44. The van der Waals surface area contributed by atoms with E-state index in [4.69, 9.17) is 14.3 Å². The van der Waals surface area contributed by atoms with Gasteiger partial charge in [0.25, 0.3) is 0 Å². The molecule has 3 rings (SSSR count). The van der Waals surface area contributed by atoms with Crippen LogP contribution in [0.4, 0.5) is 4.39 Å². The molecule has 1 N–H and O–H groups in total. The van der Waals surface area contributed by atoms with Gasteiger partial charge in [0.15, 0.2) is 11.6 Å². The van der Waals surface area contributed by atoms with Crippen molar-refractivity contribution in [3.05, 3.63) is 77.2 Å². The number of unbranched alkanes of at least 4 members (excludes halogenated alkanes) is 2. The van der Waals surface area contributed by atoms with Crippen molar-refractivity contribution in [1.29, 1.82) is 4.78 Å². The predicted octanol–water partition coefficient (Wildman–Crippen LogP) is 6.31. The highest BCUT2D eigenvalue weighted by Crippen LogP contribution is 2.28. The Morgan fingerprint density at radius 1 is 0.970 bits per heavy atom. The molecule has 0 spiro atoms. The van der Waals surface area contributed by atoms with E-state index in [0.29, 0.717) is 19.0 Å². The highest BCUT2D eigenvalue weighted by Gasteiger charge is 2.10. The third-order valence-corrected chi connectivity index (χ3v) is 5.98. The van der Waals surface area contributed by atoms with Gasteiger partial charge in [0, 0.05) is 27.2 Å². The lowest BCUT2D eigenvalue weighted by Gasteiger charge is -2.11. The average molecular weight is 471 g/mol. The predicted molar refractivity (Wildman–Crippen MR) is 131 cm³/mol. The largest absolute Gasteiger partial charge is 0.494 e. The van der Waals surface area contributed by atoms with Crippen molar-refractivity contribution in [1.82, 2.24) is 4.98 Å². The Morgan fingerprint density at radius 3 is 2.48 bits per heavy atom. The lowest BCUT2D eigenvalue weighted by atomic mass is 10.1. The first-order valence-electron chi connectivity index (χ1n) is 11.0. The van der Waals surface area contributed by atoms with E-state index < -0.39 is 9.73 Å². The van der Waals surface area contributed by atoms with Gasteiger partial charge in [0.05, 0.1) is 24.7 Å². The van der Waals surface area contributed by atoms with E-state index in [0.717, 1.165) is 47.3 Å². The quantitative estimate of drug-likeness (QED) is 0.333. The van der Waals surface area contributed by atoms with Crippen LogP contribution < -0.4 is 9.47 Å². The Morgan fingerprint density at radius 2 is 1.73 bits per heavy atom. The third-order valence-electron chi connectivity index (χ3n) is 5.10. The molecule has 0 aliphatic heterocycles. The summed E-state index contributed by atoms with van der Waals surface area (Å²) in [6, 6.07) is 16.2. The molecule has 7 heteroatoms. The summed E-state index contributed by atoms with van der Waals surface area (Å²) in [4.78, 5) is 4.58. The molecule has 2 aromatic carbocycles. The fraction of sp³-hybridized carbons (Fsp3) is 0.346. The fourth-order valence-electron chi connectivity index (χ4n) is 3.48. The van der Waals surface area contributed by atoms with Gasteiger partial charge in [-0.25, -0.2) is 8.60 Å². The number of aryl methyl sites for hydroxylation is 2. The monoisotopic (exact) mass is 470 g/mol. The molecule has 5 nitrogen and oxygen atoms in total. The second kappa shape index (κ2) is 11.3. The van der Waals surface area contributed by atoms with Crippen LogP contribution in [0.3, 0.4) is 0 Å². The summed E-state index contributed by atoms with van der Waals surface area (Å²) in [7, 11) is -2.58. The molecular weight excluding hydrogens is 439 g/mol. The molecule has 0 fully saturated rings. The highest BCUT2D eigenvalue weighted by atomic mass is 32.2. The minimum atomic E-state index is -2.58. The molecule has 33 heavy (non-hydrogen) atoms. The Hall–Kier alpha value is -2.93. The zero-order valence-electron chi connectivity index (χ0n) is 19.4. The molecule has 1 heterocycles. The number of aromatic nitrogens is 1. The van der Waals surface area contributed by atoms with Gasteiger partial charge in [-0.2, -0.15) is 0 Å². The molecule has 1 aromatic heterocycles. The summed E-state index contributed by atoms with van der Waals surface area (Å²) in [5.41, 5.74) is 4.46. The van der Waals surface area contributed by atoms with Crippen molar-refractivity contribution in [2.24, 2.45) is 0 Å². The van der Waals surface area contributed by atoms with Gasteiger partial charge in [-0.15, -0.1) is 0 Å². The number of nitrogens with one attached hydrogen (secondary N) is 1. The first-order chi connectivity index (χ1) is 15.7. The van der Waals surface area contributed by atoms with Crippen LogP contribution in [0.1, 0.15) is 36.1 Å². The highest BCUT2D eigenvalue weighted by molar-refractivity contribution is 7.90. The average Bonchev–Trinajstić information content (AvgIpc) is 2.75. The third kappa shape index (κ3) is 7.86. The maximum Gasteiger partial charge on any atom is 0.165 e. The molecule has 0 bridgehead atoms. The van der Waals surface area contributed by atoms with Crippen LogP contribution in [0.25, 0.3) is 11.3 Å². The number of hydrogen-bond acceptors (Lipinski definition) is 5. The van der Waals surface area contributed by atoms with Crippen molar-refractivity contribution >= 4 is 9.73 Å². The van der Waals surface area contributed by atoms with Crippen molar-refractivity contribution in [3.8, 4) is 22.8 Å². The molecular formula is C26H31FN2O3S. The zero-order valence-corrected chi connectivity index (χ0v) is 20.2. The fourth-order valence-corrected chi connectivity index (χ4v) is 4.29. The molecule has 1 unspecified atom stereocenters. The molecule has 0 saturated heterocycles. The summed E-state index contributed by atoms with van der Waals surface area (Å²) in [5, 5.41) is 0. The number of pyridine rings is 1. The maximum atomic E-state index is 14.2. The van der Waals surface area contributed by atoms with Crippen LogP contribution in [0.2, 0.25) is 0 Å². The SMILES string of the molecule is Cc1ccc(C)c(-c2ccc(F)c(OCCCCCOc3cccc(CS(C)(=N)=O)c3)c2)n1. The van der Waals surface area contributed by atoms with Crippen molar-refractivity contribution in [2.45, 2.75) is 38.9 Å². The van der Waals surface area contributed by atoms with Crippen molar-refractivity contribution in [2.75, 3.05) is 19.5 Å². The lowest BCUT2D eigenvalue weighted by Crippen LogP contribution is -2.03. The van der Waals surface area contributed by atoms with Gasteiger partial charge in [-0.1, -0.05) is 18.2 Å². The van der Waals surface area contributed by atoms with Crippen molar-refractivity contribution in [3.63, 3.8) is 0 Å². The van der Waals surface area contributed by atoms with E-state index in [9.17, 15) is 8.60 Å². The second-order valence-electron chi connectivity index (χ2n) is 8.32. The Bertz CT molecular complexity index is 1200. The summed E-state index contributed by atoms with van der Waals surface area (Å²) in [6.45, 7) is 4.89. The van der Waals surface area contributed by atoms with E-state index >= 15 is 0 Å². The van der Waals surface area contributed by atoms with E-state index in [1.807, 2.05) is 50.2 Å². The van der Waals surface area contributed by atoms with Crippen LogP contribution in [-0.2, 0) is 15.5 Å². The summed E-state index contributed by atoms with van der Waals surface area (Å²) in [6.07, 6.45) is 3.94. The second-order valence-corrected chi connectivity index (χ2v) is 10.6. The summed E-state index contributed by atoms with van der Waals surface area (Å²) >= 11 is 0. The molecule has 0 aliphatic carbocycles. The molecule has 0 radical (unpaired) electrons. The van der Waals surface area contributed by atoms with Gasteiger partial charge >= 0.3 is 0 Å². The number of nitrogens with zero attached hydrogens (tertiary/aromatic N) is 1. The topological polar surface area (TPSA) is 72.3 Å². The summed E-state index contributed by atoms with van der Waals surface area (Å²) in [5.74, 6) is 0.797. The normalized spacial score (nSPS) is 12.8. The van der Waals surface area contributed by atoms with E-state index in [1.54, 1.807) is 12.1 Å². The number of rotatable bonds is 11. The molecule has 176 valence electrons. The van der Waals surface area contributed by atoms with Crippen LogP contribution >= 0.6 is 0 Å². The van der Waals surface area contributed by atoms with Crippen LogP contribution in [0.5, 0.6) is 11.5 Å². The molecule has 3 aromatic rings. The minimum Gasteiger partial charge on any atom is -0.494 e. The van der Waals surface area contributed by atoms with Crippen LogP contribution in [0.15, 0.2) is 54.6 Å². The smallest absolute Gasteiger partial charge is 0.165 e. The Balaban J connectivity index is 1.44. The number of ether oxygens (including phenoxy) is 2. The van der Waals surface area contributed by atoms with Gasteiger partial charge in [-0.3, -0.25) is 9.76 Å². The summed E-state index contributed by atoms with van der Waals surface area (Å²) < 4.78 is 44.9. The van der Waals surface area contributed by atoms with Gasteiger partial charge in [0.2, 0.25) is 0 Å². The Labute approximate surface area is 196 Å². The number of benzene rings is 2. The molecule has 0 saturated carbocycles. The maximum absolute atomic E-state index is 14.2. The van der Waals surface area contributed by atoms with Gasteiger partial charge in [-0.05, 0) is 80.6 Å². The van der Waals surface area contributed by atoms with Gasteiger partial charge in [0.1, 0.15) is 5.75 Å². The standard InChI is InChI=1S/C26H31FN2O3S/c1-19-10-11-20(2)29-26(19)22-12-13-24(27)25(17-22)32-15-6-4-5-14-31-23-9-7-8-21(16-23)18-33(3,28)30/h7-13,16-17,28H,4-6,14-15,18H2,1-3H3. The van der Waals surface area contributed by atoms with Crippen LogP contribution in [0, 0.1) is 24.4 Å². The first-order valence-corrected chi connectivity index (χ1v) is 13.1. The van der Waals surface area contributed by atoms with Crippen LogP contribution in [-0.4, -0.2) is 28.7 Å². The first kappa shape index (κ1) is 24.7. The number of hydrogen-bond donors (Lipinski definition) is 1. The molecule has 0 aliphatic rings. The molecule has 0 amide bonds. The van der Waals surface area contributed by atoms with E-state index in [2.05, 4.69) is 4.98 Å². The molecule has 1 atom stereocenters. The van der Waals surface area contributed by atoms with Crippen molar-refractivity contribution < 1.29 is 18.1 Å². The number of halogens is 1. The zero-order chi connectivity index (χ0) is 23.8. The minimum absolute atomic E-state index is 0.221. The lowest BCUT2D eigenvalue weighted by molar-refractivity contribution is 0.272. The van der Waals surface area contributed by atoms with E-state index in [1.165, 1.54) is 12.3 Å². The van der Waals surface area contributed by atoms with E-state index in [-0.39, 0.29) is 17.3 Å².